The molecule has 0 heterocycles. The summed E-state index contributed by atoms with van der Waals surface area (Å²) >= 11 is 0. The number of hydrogen-bond donors (Lipinski definition) is 0. The molecule has 0 aliphatic carbocycles. The summed E-state index contributed by atoms with van der Waals surface area (Å²) in [5.74, 6) is 0.135. The average Bonchev–Trinajstić information content (AvgIpc) is 2.42. The molecule has 0 fully saturated rings. The van der Waals surface area contributed by atoms with E-state index in [9.17, 15) is 4.79 Å². The number of ketones is 1. The second-order valence-corrected chi connectivity index (χ2v) is 5.11. The molecule has 0 unspecified atom stereocenters. The normalized spacial score (nSPS) is 11.1. The van der Waals surface area contributed by atoms with Crippen LogP contribution in [0.15, 0.2) is 42.5 Å². The van der Waals surface area contributed by atoms with Crippen molar-refractivity contribution in [1.82, 2.24) is 0 Å². The molecule has 0 amide bonds. The van der Waals surface area contributed by atoms with E-state index in [-0.39, 0.29) is 5.78 Å². The SMILES string of the molecule is CC(=O)c1cc2c(ccc3ccccc32)c(C)c1C. The summed E-state index contributed by atoms with van der Waals surface area (Å²) < 4.78 is 0. The van der Waals surface area contributed by atoms with Crippen molar-refractivity contribution in [2.24, 2.45) is 0 Å². The van der Waals surface area contributed by atoms with Gasteiger partial charge in [-0.15, -0.1) is 0 Å². The van der Waals surface area contributed by atoms with Gasteiger partial charge in [-0.1, -0.05) is 36.4 Å². The molecule has 1 heteroatoms. The lowest BCUT2D eigenvalue weighted by atomic mass is 9.91. The molecule has 0 bridgehead atoms. The Balaban J connectivity index is 2.55. The fraction of sp³-hybridized carbons (Fsp3) is 0.167. The molecule has 1 nitrogen and oxygen atoms in total. The first-order valence-corrected chi connectivity index (χ1v) is 6.52. The Morgan fingerprint density at radius 3 is 2.32 bits per heavy atom. The fourth-order valence-corrected chi connectivity index (χ4v) is 2.80. The largest absolute Gasteiger partial charge is 0.295 e. The van der Waals surface area contributed by atoms with Crippen LogP contribution in [0, 0.1) is 13.8 Å². The van der Waals surface area contributed by atoms with Crippen molar-refractivity contribution < 1.29 is 4.79 Å². The number of aryl methyl sites for hydroxylation is 1. The molecule has 0 aliphatic rings. The van der Waals surface area contributed by atoms with Crippen molar-refractivity contribution in [2.45, 2.75) is 20.8 Å². The van der Waals surface area contributed by atoms with Crippen LogP contribution in [0.1, 0.15) is 28.4 Å². The van der Waals surface area contributed by atoms with E-state index in [1.54, 1.807) is 6.92 Å². The Morgan fingerprint density at radius 2 is 1.58 bits per heavy atom. The van der Waals surface area contributed by atoms with Gasteiger partial charge >= 0.3 is 0 Å². The van der Waals surface area contributed by atoms with Gasteiger partial charge in [0.15, 0.2) is 5.78 Å². The summed E-state index contributed by atoms with van der Waals surface area (Å²) in [5.41, 5.74) is 3.13. The zero-order valence-corrected chi connectivity index (χ0v) is 11.4. The van der Waals surface area contributed by atoms with Gasteiger partial charge in [-0.25, -0.2) is 0 Å². The second kappa shape index (κ2) is 4.20. The number of carbonyl (C=O) groups excluding carboxylic acids is 1. The molecule has 19 heavy (non-hydrogen) atoms. The third-order valence-corrected chi connectivity index (χ3v) is 4.01. The summed E-state index contributed by atoms with van der Waals surface area (Å²) in [5, 5.41) is 4.84. The molecular formula is C18H16O. The van der Waals surface area contributed by atoms with Crippen molar-refractivity contribution in [3.05, 3.63) is 59.2 Å². The highest BCUT2D eigenvalue weighted by atomic mass is 16.1. The first-order valence-electron chi connectivity index (χ1n) is 6.52. The number of fused-ring (bicyclic) bond motifs is 3. The Kier molecular flexibility index (Phi) is 2.63. The number of Topliss-reactive ketones (excluding diaryl/α,β-unsaturated/α-hetero) is 1. The van der Waals surface area contributed by atoms with E-state index in [1.807, 2.05) is 25.1 Å². The molecule has 0 saturated heterocycles. The molecule has 0 radical (unpaired) electrons. The van der Waals surface area contributed by atoms with Crippen molar-refractivity contribution in [2.75, 3.05) is 0 Å². The van der Waals surface area contributed by atoms with Crippen LogP contribution in [0.3, 0.4) is 0 Å². The lowest BCUT2D eigenvalue weighted by molar-refractivity contribution is 0.101. The van der Waals surface area contributed by atoms with Crippen molar-refractivity contribution in [3.8, 4) is 0 Å². The standard InChI is InChI=1S/C18H16O/c1-11-12(2)17(13(3)19)10-18-15(11)9-8-14-6-4-5-7-16(14)18/h4-10H,1-3H3. The molecule has 0 saturated carbocycles. The zero-order chi connectivity index (χ0) is 13.6. The van der Waals surface area contributed by atoms with E-state index >= 15 is 0 Å². The first-order chi connectivity index (χ1) is 9.09. The van der Waals surface area contributed by atoms with Gasteiger partial charge in [0.05, 0.1) is 0 Å². The first kappa shape index (κ1) is 11.9. The van der Waals surface area contributed by atoms with E-state index in [2.05, 4.69) is 31.2 Å². The molecule has 3 aromatic rings. The van der Waals surface area contributed by atoms with Crippen LogP contribution in [0.5, 0.6) is 0 Å². The number of hydrogen-bond acceptors (Lipinski definition) is 1. The third-order valence-electron chi connectivity index (χ3n) is 4.01. The maximum atomic E-state index is 11.8. The highest BCUT2D eigenvalue weighted by molar-refractivity contribution is 6.11. The minimum absolute atomic E-state index is 0.135. The van der Waals surface area contributed by atoms with Crippen molar-refractivity contribution >= 4 is 27.3 Å². The summed E-state index contributed by atoms with van der Waals surface area (Å²) in [6.45, 7) is 5.76. The van der Waals surface area contributed by atoms with E-state index in [0.717, 1.165) is 11.1 Å². The molecule has 0 aliphatic heterocycles. The van der Waals surface area contributed by atoms with E-state index in [1.165, 1.54) is 27.1 Å². The van der Waals surface area contributed by atoms with E-state index in [4.69, 9.17) is 0 Å². The summed E-state index contributed by atoms with van der Waals surface area (Å²) in [6.07, 6.45) is 0. The molecule has 3 aromatic carbocycles. The molecule has 0 aromatic heterocycles. The number of rotatable bonds is 1. The minimum Gasteiger partial charge on any atom is -0.295 e. The lowest BCUT2D eigenvalue weighted by Crippen LogP contribution is -1.99. The van der Waals surface area contributed by atoms with Crippen LogP contribution in [-0.2, 0) is 0 Å². The Bertz CT molecular complexity index is 813. The van der Waals surface area contributed by atoms with Crippen LogP contribution >= 0.6 is 0 Å². The molecule has 0 atom stereocenters. The maximum Gasteiger partial charge on any atom is 0.160 e. The average molecular weight is 248 g/mol. The Morgan fingerprint density at radius 1 is 0.842 bits per heavy atom. The molecule has 0 N–H and O–H groups in total. The van der Waals surface area contributed by atoms with Crippen LogP contribution in [0.2, 0.25) is 0 Å². The van der Waals surface area contributed by atoms with Crippen molar-refractivity contribution in [1.29, 1.82) is 0 Å². The minimum atomic E-state index is 0.135. The topological polar surface area (TPSA) is 17.1 Å². The van der Waals surface area contributed by atoms with Gasteiger partial charge in [0, 0.05) is 5.56 Å². The molecule has 3 rings (SSSR count). The summed E-state index contributed by atoms with van der Waals surface area (Å²) in [4.78, 5) is 11.8. The number of carbonyl (C=O) groups is 1. The summed E-state index contributed by atoms with van der Waals surface area (Å²) in [7, 11) is 0. The van der Waals surface area contributed by atoms with Crippen LogP contribution in [0.4, 0.5) is 0 Å². The van der Waals surface area contributed by atoms with Crippen molar-refractivity contribution in [3.63, 3.8) is 0 Å². The zero-order valence-electron chi connectivity index (χ0n) is 11.4. The van der Waals surface area contributed by atoms with Crippen LogP contribution in [0.25, 0.3) is 21.5 Å². The highest BCUT2D eigenvalue weighted by Gasteiger charge is 2.11. The monoisotopic (exact) mass is 248 g/mol. The predicted molar refractivity (Wildman–Crippen MR) is 80.9 cm³/mol. The van der Waals surface area contributed by atoms with Gasteiger partial charge in [-0.2, -0.15) is 0 Å². The van der Waals surface area contributed by atoms with E-state index in [0.29, 0.717) is 0 Å². The van der Waals surface area contributed by atoms with Crippen LogP contribution in [-0.4, -0.2) is 5.78 Å². The van der Waals surface area contributed by atoms with Gasteiger partial charge in [0.1, 0.15) is 0 Å². The van der Waals surface area contributed by atoms with Gasteiger partial charge in [0.2, 0.25) is 0 Å². The Labute approximate surface area is 112 Å². The van der Waals surface area contributed by atoms with Gasteiger partial charge in [-0.3, -0.25) is 4.79 Å². The molecular weight excluding hydrogens is 232 g/mol. The summed E-state index contributed by atoms with van der Waals surface area (Å²) in [6, 6.07) is 14.7. The second-order valence-electron chi connectivity index (χ2n) is 5.11. The van der Waals surface area contributed by atoms with Crippen LogP contribution < -0.4 is 0 Å². The fourth-order valence-electron chi connectivity index (χ4n) is 2.80. The van der Waals surface area contributed by atoms with Gasteiger partial charge in [0.25, 0.3) is 0 Å². The van der Waals surface area contributed by atoms with E-state index < -0.39 is 0 Å². The Hall–Kier alpha value is -2.15. The maximum absolute atomic E-state index is 11.8. The molecule has 0 spiro atoms. The highest BCUT2D eigenvalue weighted by Crippen LogP contribution is 2.31. The smallest absolute Gasteiger partial charge is 0.160 e. The molecule has 94 valence electrons. The van der Waals surface area contributed by atoms with Gasteiger partial charge < -0.3 is 0 Å². The van der Waals surface area contributed by atoms with Gasteiger partial charge in [-0.05, 0) is 59.5 Å². The number of benzene rings is 3. The third kappa shape index (κ3) is 1.74. The predicted octanol–water partition coefficient (Wildman–Crippen LogP) is 4.81. The quantitative estimate of drug-likeness (QED) is 0.446. The lowest BCUT2D eigenvalue weighted by Gasteiger charge is -2.12.